The molecule has 2 amide bonds. The summed E-state index contributed by atoms with van der Waals surface area (Å²) in [6.45, 7) is 5.23. The number of imide groups is 1. The van der Waals surface area contributed by atoms with Crippen LogP contribution in [-0.2, 0) is 11.4 Å². The Morgan fingerprint density at radius 2 is 1.86 bits per heavy atom. The Balaban J connectivity index is 1.86. The number of rotatable bonds is 8. The van der Waals surface area contributed by atoms with Crippen LogP contribution in [0.4, 0.5) is 4.79 Å². The van der Waals surface area contributed by atoms with Gasteiger partial charge in [-0.3, -0.25) is 14.5 Å². The SMILES string of the molecule is CCCN1C(=O)S/C(=C/c2cc(I)c(OCc3ccccc3)c(OCC)c2)C1=O. The average Bonchev–Trinajstić information content (AvgIpc) is 2.96. The molecule has 2 aromatic carbocycles. The van der Waals surface area contributed by atoms with E-state index in [0.717, 1.165) is 32.9 Å². The number of hydrogen-bond acceptors (Lipinski definition) is 5. The Morgan fingerprint density at radius 1 is 1.10 bits per heavy atom. The molecule has 0 aromatic heterocycles. The lowest BCUT2D eigenvalue weighted by Crippen LogP contribution is -2.28. The highest BCUT2D eigenvalue weighted by Gasteiger charge is 2.34. The van der Waals surface area contributed by atoms with E-state index >= 15 is 0 Å². The van der Waals surface area contributed by atoms with Crippen LogP contribution in [0.5, 0.6) is 11.5 Å². The number of thioether (sulfide) groups is 1. The second-order valence-corrected chi connectivity index (χ2v) is 8.53. The summed E-state index contributed by atoms with van der Waals surface area (Å²) in [6, 6.07) is 13.7. The number of carbonyl (C=O) groups is 2. The first-order valence-electron chi connectivity index (χ1n) is 9.42. The molecule has 2 aromatic rings. The molecule has 29 heavy (non-hydrogen) atoms. The van der Waals surface area contributed by atoms with Crippen molar-refractivity contribution < 1.29 is 19.1 Å². The smallest absolute Gasteiger partial charge is 0.293 e. The normalized spacial score (nSPS) is 15.3. The van der Waals surface area contributed by atoms with Gasteiger partial charge in [-0.1, -0.05) is 37.3 Å². The molecule has 0 N–H and O–H groups in total. The van der Waals surface area contributed by atoms with Crippen molar-refractivity contribution in [1.82, 2.24) is 4.90 Å². The van der Waals surface area contributed by atoms with E-state index in [0.29, 0.717) is 36.2 Å². The van der Waals surface area contributed by atoms with Gasteiger partial charge in [-0.25, -0.2) is 0 Å². The van der Waals surface area contributed by atoms with Crippen LogP contribution < -0.4 is 9.47 Å². The van der Waals surface area contributed by atoms with Gasteiger partial charge >= 0.3 is 0 Å². The van der Waals surface area contributed by atoms with Crippen LogP contribution in [0.3, 0.4) is 0 Å². The average molecular weight is 523 g/mol. The van der Waals surface area contributed by atoms with E-state index < -0.39 is 0 Å². The number of hydrogen-bond donors (Lipinski definition) is 0. The number of nitrogens with zero attached hydrogens (tertiary/aromatic N) is 1. The van der Waals surface area contributed by atoms with Gasteiger partial charge < -0.3 is 9.47 Å². The van der Waals surface area contributed by atoms with Crippen molar-refractivity contribution in [2.24, 2.45) is 0 Å². The highest BCUT2D eigenvalue weighted by Crippen LogP contribution is 2.37. The zero-order chi connectivity index (χ0) is 20.8. The first kappa shape index (κ1) is 21.7. The molecule has 0 spiro atoms. The minimum atomic E-state index is -0.237. The first-order valence-corrected chi connectivity index (χ1v) is 11.3. The van der Waals surface area contributed by atoms with Crippen molar-refractivity contribution in [1.29, 1.82) is 0 Å². The van der Waals surface area contributed by atoms with Crippen molar-refractivity contribution in [3.63, 3.8) is 0 Å². The molecule has 7 heteroatoms. The maximum atomic E-state index is 12.5. The summed E-state index contributed by atoms with van der Waals surface area (Å²) in [4.78, 5) is 26.3. The number of carbonyl (C=O) groups excluding carboxylic acids is 2. The Labute approximate surface area is 188 Å². The van der Waals surface area contributed by atoms with E-state index in [1.807, 2.05) is 56.3 Å². The van der Waals surface area contributed by atoms with Gasteiger partial charge in [-0.05, 0) is 77.0 Å². The van der Waals surface area contributed by atoms with Gasteiger partial charge in [0.1, 0.15) is 6.61 Å². The molecule has 0 atom stereocenters. The summed E-state index contributed by atoms with van der Waals surface area (Å²) in [5, 5.41) is -0.217. The summed E-state index contributed by atoms with van der Waals surface area (Å²) in [5.74, 6) is 1.06. The molecular formula is C22H22INO4S. The number of ether oxygens (including phenoxy) is 2. The van der Waals surface area contributed by atoms with E-state index in [2.05, 4.69) is 22.6 Å². The third kappa shape index (κ3) is 5.33. The first-order chi connectivity index (χ1) is 14.0. The largest absolute Gasteiger partial charge is 0.490 e. The molecule has 1 aliphatic rings. The summed E-state index contributed by atoms with van der Waals surface area (Å²) < 4.78 is 12.7. The lowest BCUT2D eigenvalue weighted by Gasteiger charge is -2.15. The Morgan fingerprint density at radius 3 is 2.55 bits per heavy atom. The standard InChI is InChI=1S/C22H22INO4S/c1-3-10-24-21(25)19(29-22(24)26)13-16-11-17(23)20(18(12-16)27-4-2)28-14-15-8-6-5-7-9-15/h5-9,11-13H,3-4,10,14H2,1-2H3/b19-13+. The Hall–Kier alpha value is -2.00. The summed E-state index contributed by atoms with van der Waals surface area (Å²) in [5.41, 5.74) is 1.87. The molecule has 0 aliphatic carbocycles. The highest BCUT2D eigenvalue weighted by molar-refractivity contribution is 14.1. The fourth-order valence-corrected chi connectivity index (χ4v) is 4.52. The summed E-state index contributed by atoms with van der Waals surface area (Å²) in [6.07, 6.45) is 2.48. The van der Waals surface area contributed by atoms with E-state index in [9.17, 15) is 9.59 Å². The minimum Gasteiger partial charge on any atom is -0.490 e. The lowest BCUT2D eigenvalue weighted by molar-refractivity contribution is -0.122. The van der Waals surface area contributed by atoms with Crippen molar-refractivity contribution >= 4 is 51.6 Å². The maximum Gasteiger partial charge on any atom is 0.293 e. The lowest BCUT2D eigenvalue weighted by atomic mass is 10.1. The van der Waals surface area contributed by atoms with Crippen LogP contribution >= 0.6 is 34.4 Å². The van der Waals surface area contributed by atoms with Gasteiger partial charge in [0.05, 0.1) is 15.1 Å². The Bertz CT molecular complexity index is 930. The van der Waals surface area contributed by atoms with E-state index in [4.69, 9.17) is 9.47 Å². The Kier molecular flexibility index (Phi) is 7.60. The third-order valence-electron chi connectivity index (χ3n) is 4.18. The minimum absolute atomic E-state index is 0.217. The third-order valence-corrected chi connectivity index (χ3v) is 5.88. The molecule has 0 unspecified atom stereocenters. The van der Waals surface area contributed by atoms with Gasteiger partial charge in [0.15, 0.2) is 11.5 Å². The monoisotopic (exact) mass is 523 g/mol. The number of amides is 2. The zero-order valence-electron chi connectivity index (χ0n) is 16.3. The number of halogens is 1. The van der Waals surface area contributed by atoms with Crippen LogP contribution in [0.15, 0.2) is 47.4 Å². The molecule has 152 valence electrons. The highest BCUT2D eigenvalue weighted by atomic mass is 127. The molecule has 5 nitrogen and oxygen atoms in total. The van der Waals surface area contributed by atoms with Crippen LogP contribution in [0.1, 0.15) is 31.4 Å². The molecule has 0 radical (unpaired) electrons. The predicted molar refractivity (Wildman–Crippen MR) is 124 cm³/mol. The molecule has 0 saturated carbocycles. The fourth-order valence-electron chi connectivity index (χ4n) is 2.87. The quantitative estimate of drug-likeness (QED) is 0.328. The van der Waals surface area contributed by atoms with Crippen molar-refractivity contribution in [3.05, 3.63) is 62.1 Å². The van der Waals surface area contributed by atoms with Gasteiger partial charge in [-0.15, -0.1) is 0 Å². The van der Waals surface area contributed by atoms with Crippen molar-refractivity contribution in [2.45, 2.75) is 26.9 Å². The van der Waals surface area contributed by atoms with Crippen LogP contribution in [0, 0.1) is 3.57 Å². The van der Waals surface area contributed by atoms with Crippen LogP contribution in [0.25, 0.3) is 6.08 Å². The van der Waals surface area contributed by atoms with Crippen LogP contribution in [0.2, 0.25) is 0 Å². The maximum absolute atomic E-state index is 12.5. The molecule has 0 bridgehead atoms. The van der Waals surface area contributed by atoms with Crippen molar-refractivity contribution in [3.8, 4) is 11.5 Å². The molecule has 1 aliphatic heterocycles. The van der Waals surface area contributed by atoms with E-state index in [1.165, 1.54) is 4.90 Å². The fraction of sp³-hybridized carbons (Fsp3) is 0.273. The van der Waals surface area contributed by atoms with Crippen molar-refractivity contribution in [2.75, 3.05) is 13.2 Å². The van der Waals surface area contributed by atoms with E-state index in [1.54, 1.807) is 6.08 Å². The predicted octanol–water partition coefficient (Wildman–Crippen LogP) is 5.72. The second kappa shape index (κ2) is 10.2. The molecule has 1 heterocycles. The zero-order valence-corrected chi connectivity index (χ0v) is 19.3. The molecule has 1 fully saturated rings. The summed E-state index contributed by atoms with van der Waals surface area (Å²) in [7, 11) is 0. The van der Waals surface area contributed by atoms with Gasteiger partial charge in [0.25, 0.3) is 11.1 Å². The number of benzene rings is 2. The van der Waals surface area contributed by atoms with Gasteiger partial charge in [0.2, 0.25) is 0 Å². The van der Waals surface area contributed by atoms with Gasteiger partial charge in [0, 0.05) is 6.54 Å². The molecule has 3 rings (SSSR count). The molecule has 1 saturated heterocycles. The van der Waals surface area contributed by atoms with Crippen LogP contribution in [-0.4, -0.2) is 29.2 Å². The van der Waals surface area contributed by atoms with Gasteiger partial charge in [-0.2, -0.15) is 0 Å². The second-order valence-electron chi connectivity index (χ2n) is 6.37. The summed E-state index contributed by atoms with van der Waals surface area (Å²) >= 11 is 3.18. The molecular weight excluding hydrogens is 501 g/mol. The topological polar surface area (TPSA) is 55.8 Å². The van der Waals surface area contributed by atoms with E-state index in [-0.39, 0.29) is 11.1 Å².